The van der Waals surface area contributed by atoms with Gasteiger partial charge >= 0.3 is 59.1 Å². The van der Waals surface area contributed by atoms with Crippen LogP contribution in [0.3, 0.4) is 0 Å². The van der Waals surface area contributed by atoms with Gasteiger partial charge in [0.2, 0.25) is 0 Å². The molecule has 0 fully saturated rings. The van der Waals surface area contributed by atoms with Crippen LogP contribution in [0.15, 0.2) is 83.4 Å². The van der Waals surface area contributed by atoms with Crippen molar-refractivity contribution in [3.05, 3.63) is 95.6 Å². The summed E-state index contributed by atoms with van der Waals surface area (Å²) in [6.45, 7) is 6.30. The third kappa shape index (κ3) is 15.0. The summed E-state index contributed by atoms with van der Waals surface area (Å²) in [4.78, 5) is 26.1. The fourth-order valence-electron chi connectivity index (χ4n) is 4.84. The minimum Gasteiger partial charge on any atom is -0.493 e. The molecule has 288 valence electrons. The van der Waals surface area contributed by atoms with Gasteiger partial charge in [0.25, 0.3) is 0 Å². The molecule has 6 aromatic rings. The molecule has 0 saturated carbocycles. The number of methoxy groups -OCH3 is 2. The molecule has 2 unspecified atom stereocenters. The van der Waals surface area contributed by atoms with Crippen LogP contribution in [-0.4, -0.2) is 85.4 Å². The van der Waals surface area contributed by atoms with Crippen molar-refractivity contribution in [2.45, 2.75) is 48.5 Å². The first kappa shape index (κ1) is 52.4. The van der Waals surface area contributed by atoms with Crippen LogP contribution in [0.4, 0.5) is 0 Å². The van der Waals surface area contributed by atoms with E-state index < -0.39 is 21.6 Å². The van der Waals surface area contributed by atoms with Gasteiger partial charge in [0.05, 0.1) is 57.7 Å². The van der Waals surface area contributed by atoms with Crippen molar-refractivity contribution in [1.82, 2.24) is 29.9 Å². The summed E-state index contributed by atoms with van der Waals surface area (Å²) in [5.41, 5.74) is 6.27. The molecule has 0 aliphatic heterocycles. The Kier molecular flexibility index (Phi) is 25.8. The van der Waals surface area contributed by atoms with Gasteiger partial charge in [-0.15, -0.1) is 0 Å². The molecule has 0 saturated heterocycles. The van der Waals surface area contributed by atoms with Gasteiger partial charge in [0.1, 0.15) is 11.5 Å². The fourth-order valence-corrected chi connectivity index (χ4v) is 6.98. The van der Waals surface area contributed by atoms with E-state index in [1.54, 1.807) is 26.6 Å². The maximum absolute atomic E-state index is 12.6. The number of benzene rings is 2. The zero-order valence-electron chi connectivity index (χ0n) is 32.0. The molecule has 0 radical (unpaired) electrons. The molecule has 15 nitrogen and oxygen atoms in total. The van der Waals surface area contributed by atoms with Crippen LogP contribution < -0.4 is 78.6 Å². The zero-order chi connectivity index (χ0) is 35.3. The van der Waals surface area contributed by atoms with E-state index in [0.717, 1.165) is 68.9 Å². The Morgan fingerprint density at radius 3 is 1.33 bits per heavy atom. The number of imidazole rings is 2. The van der Waals surface area contributed by atoms with Gasteiger partial charge < -0.3 is 55.3 Å². The number of fused-ring (bicyclic) bond motifs is 2. The first-order valence-electron chi connectivity index (χ1n) is 16.1. The SMILES string of the molecule is COCCCOc1ccnc(CS(=O)c2nc3ccccc3[n-]2)c1C.COCCCOc1ccnc(CS(=O)c2nc3ccccc3[n-]2)c1C.O.O.O.[Na+].[Na+]. The second kappa shape index (κ2) is 27.1. The Morgan fingerprint density at radius 1 is 0.582 bits per heavy atom. The van der Waals surface area contributed by atoms with E-state index in [2.05, 4.69) is 29.9 Å². The molecule has 2 aromatic carbocycles. The number of nitrogens with zero attached hydrogens (tertiary/aromatic N) is 6. The first-order valence-corrected chi connectivity index (χ1v) is 18.7. The standard InChI is InChI=1S/2C18H20N3O3S.2Na.3H2O/c2*1-13-16(19-9-8-17(13)24-11-5-10-23-2)12-25(22)18-20-14-6-3-4-7-15(14)21-18;;;;;/h2*3-4,6-9H,5,10-12H2,1-2H3;;;3*1H2/q2*-1;2*+1;;;. The molecule has 6 N–H and O–H groups in total. The Bertz CT molecular complexity index is 1860. The summed E-state index contributed by atoms with van der Waals surface area (Å²) in [5.74, 6) is 2.04. The maximum atomic E-state index is 12.6. The summed E-state index contributed by atoms with van der Waals surface area (Å²) in [5, 5.41) is 0.683. The van der Waals surface area contributed by atoms with Crippen LogP contribution in [0.2, 0.25) is 0 Å². The molecule has 4 aromatic heterocycles. The number of rotatable bonds is 16. The second-order valence-corrected chi connectivity index (χ2v) is 13.8. The molecule has 2 atom stereocenters. The third-order valence-corrected chi connectivity index (χ3v) is 9.84. The van der Waals surface area contributed by atoms with E-state index in [9.17, 15) is 8.42 Å². The molecule has 0 bridgehead atoms. The van der Waals surface area contributed by atoms with Crippen molar-refractivity contribution in [2.24, 2.45) is 0 Å². The smallest absolute Gasteiger partial charge is 0.493 e. The molecular weight excluding hydrogens is 771 g/mol. The summed E-state index contributed by atoms with van der Waals surface area (Å²) in [6.07, 6.45) is 4.97. The van der Waals surface area contributed by atoms with Crippen molar-refractivity contribution in [3.63, 3.8) is 0 Å². The molecule has 0 spiro atoms. The van der Waals surface area contributed by atoms with E-state index in [0.29, 0.717) is 36.7 Å². The van der Waals surface area contributed by atoms with E-state index in [1.807, 2.05) is 74.5 Å². The Balaban J connectivity index is 0.000000972. The monoisotopic (exact) mass is 816 g/mol. The predicted molar refractivity (Wildman–Crippen MR) is 203 cm³/mol. The summed E-state index contributed by atoms with van der Waals surface area (Å²) < 4.78 is 46.8. The number of pyridine rings is 2. The molecule has 0 aliphatic rings. The number of aromatic nitrogens is 6. The molecule has 55 heavy (non-hydrogen) atoms. The minimum absolute atomic E-state index is 0. The average molecular weight is 817 g/mol. The first-order chi connectivity index (χ1) is 24.4. The molecule has 6 rings (SSSR count). The van der Waals surface area contributed by atoms with Crippen LogP contribution in [0, 0.1) is 13.8 Å². The summed E-state index contributed by atoms with van der Waals surface area (Å²) in [7, 11) is 0.624. The van der Waals surface area contributed by atoms with Gasteiger partial charge in [-0.1, -0.05) is 48.5 Å². The molecule has 19 heteroatoms. The van der Waals surface area contributed by atoms with Crippen molar-refractivity contribution < 1.29 is 103 Å². The van der Waals surface area contributed by atoms with Crippen LogP contribution in [0.5, 0.6) is 11.5 Å². The molecule has 4 heterocycles. The van der Waals surface area contributed by atoms with Gasteiger partial charge in [-0.2, -0.15) is 0 Å². The Hall–Kier alpha value is -2.62. The minimum atomic E-state index is -1.35. The van der Waals surface area contributed by atoms with Gasteiger partial charge in [-0.3, -0.25) is 18.4 Å². The van der Waals surface area contributed by atoms with Crippen molar-refractivity contribution >= 4 is 43.7 Å². The van der Waals surface area contributed by atoms with E-state index in [-0.39, 0.29) is 87.0 Å². The van der Waals surface area contributed by atoms with Crippen molar-refractivity contribution in [3.8, 4) is 11.5 Å². The predicted octanol–water partition coefficient (Wildman–Crippen LogP) is -3.23. The number of ether oxygens (including phenoxy) is 4. The molecular formula is C36H46N6Na2O9S2. The van der Waals surface area contributed by atoms with Gasteiger partial charge in [-0.25, -0.2) is 0 Å². The second-order valence-electron chi connectivity index (χ2n) is 11.1. The zero-order valence-corrected chi connectivity index (χ0v) is 37.7. The quantitative estimate of drug-likeness (QED) is 0.0692. The molecule has 0 aliphatic carbocycles. The van der Waals surface area contributed by atoms with Crippen LogP contribution in [0.25, 0.3) is 22.1 Å². The third-order valence-electron chi connectivity index (χ3n) is 7.59. The normalized spacial score (nSPS) is 11.3. The maximum Gasteiger partial charge on any atom is 1.00 e. The topological polar surface area (TPSA) is 245 Å². The molecule has 0 amide bonds. The summed E-state index contributed by atoms with van der Waals surface area (Å²) in [6, 6.07) is 18.6. The Morgan fingerprint density at radius 2 is 0.964 bits per heavy atom. The van der Waals surface area contributed by atoms with Gasteiger partial charge in [-0.05, 0) is 48.0 Å². The van der Waals surface area contributed by atoms with Crippen molar-refractivity contribution in [2.75, 3.05) is 40.6 Å². The van der Waals surface area contributed by atoms with Gasteiger partial charge in [0, 0.05) is 74.1 Å². The number of hydrogen-bond donors (Lipinski definition) is 0. The van der Waals surface area contributed by atoms with Crippen molar-refractivity contribution in [1.29, 1.82) is 0 Å². The van der Waals surface area contributed by atoms with E-state index in [1.165, 1.54) is 0 Å². The van der Waals surface area contributed by atoms with Crippen LogP contribution in [0.1, 0.15) is 35.4 Å². The fraction of sp³-hybridized carbons (Fsp3) is 0.333. The number of hydrogen-bond acceptors (Lipinski definition) is 10. The largest absolute Gasteiger partial charge is 1.00 e. The van der Waals surface area contributed by atoms with E-state index >= 15 is 0 Å². The van der Waals surface area contributed by atoms with Gasteiger partial charge in [0.15, 0.2) is 0 Å². The van der Waals surface area contributed by atoms with E-state index in [4.69, 9.17) is 18.9 Å². The van der Waals surface area contributed by atoms with Crippen LogP contribution >= 0.6 is 0 Å². The summed E-state index contributed by atoms with van der Waals surface area (Å²) >= 11 is 0. The number of para-hydroxylation sites is 4. The van der Waals surface area contributed by atoms with Crippen LogP contribution in [-0.2, 0) is 42.6 Å². The Labute approximate surface area is 369 Å². The average Bonchev–Trinajstić information content (AvgIpc) is 3.77.